The van der Waals surface area contributed by atoms with Gasteiger partial charge in [0.05, 0.1) is 12.9 Å². The average Bonchev–Trinajstić information content (AvgIpc) is 2.92. The van der Waals surface area contributed by atoms with Crippen LogP contribution in [0, 0.1) is 0 Å². The van der Waals surface area contributed by atoms with Gasteiger partial charge in [-0.2, -0.15) is 13.8 Å². The predicted octanol–water partition coefficient (Wildman–Crippen LogP) is -0.582. The van der Waals surface area contributed by atoms with Crippen LogP contribution in [0.4, 0.5) is 8.78 Å². The van der Waals surface area contributed by atoms with Crippen LogP contribution in [0.2, 0.25) is 0 Å². The number of alkyl halides is 2. The fraction of sp³-hybridized carbons (Fsp3) is 0.500. The smallest absolute Gasteiger partial charge is 0.320 e. The number of ether oxygens (including phenoxy) is 1. The lowest BCUT2D eigenvalue weighted by Crippen LogP contribution is -2.39. The van der Waals surface area contributed by atoms with Crippen molar-refractivity contribution in [3.63, 3.8) is 0 Å². The van der Waals surface area contributed by atoms with Gasteiger partial charge in [-0.15, -0.1) is 0 Å². The van der Waals surface area contributed by atoms with Crippen LogP contribution >= 0.6 is 0 Å². The fourth-order valence-electron chi connectivity index (χ4n) is 2.13. The molecule has 1 aliphatic heterocycles. The molecular formula is C10H10F2N4O4. The van der Waals surface area contributed by atoms with Gasteiger partial charge in [-0.3, -0.25) is 4.57 Å². The molecule has 0 saturated carbocycles. The largest absolute Gasteiger partial charge is 0.492 e. The van der Waals surface area contributed by atoms with Crippen molar-refractivity contribution in [3.8, 4) is 5.88 Å². The van der Waals surface area contributed by atoms with Crippen LogP contribution in [-0.4, -0.2) is 59.6 Å². The molecule has 0 aliphatic carbocycles. The highest BCUT2D eigenvalue weighted by Crippen LogP contribution is 2.43. The predicted molar refractivity (Wildman–Crippen MR) is 58.9 cm³/mol. The molecule has 10 heteroatoms. The van der Waals surface area contributed by atoms with Gasteiger partial charge < -0.3 is 20.1 Å². The summed E-state index contributed by atoms with van der Waals surface area (Å²) in [6.07, 6.45) is -3.45. The molecule has 3 rings (SSSR count). The molecule has 1 aliphatic rings. The van der Waals surface area contributed by atoms with E-state index in [0.717, 1.165) is 17.2 Å². The van der Waals surface area contributed by atoms with Gasteiger partial charge in [0.15, 0.2) is 17.3 Å². The Labute approximate surface area is 110 Å². The maximum Gasteiger partial charge on any atom is 0.320 e. The highest BCUT2D eigenvalue weighted by atomic mass is 19.3. The molecule has 1 fully saturated rings. The molecule has 0 unspecified atom stereocenters. The zero-order valence-electron chi connectivity index (χ0n) is 9.89. The third kappa shape index (κ3) is 1.65. The molecular weight excluding hydrogens is 278 g/mol. The summed E-state index contributed by atoms with van der Waals surface area (Å²) in [5, 5.41) is 27.9. The van der Waals surface area contributed by atoms with Gasteiger partial charge >= 0.3 is 5.92 Å². The number of rotatable bonds is 2. The van der Waals surface area contributed by atoms with E-state index in [1.807, 2.05) is 0 Å². The van der Waals surface area contributed by atoms with Crippen LogP contribution in [0.3, 0.4) is 0 Å². The van der Waals surface area contributed by atoms with E-state index < -0.39 is 36.8 Å². The summed E-state index contributed by atoms with van der Waals surface area (Å²) in [6, 6.07) is 0. The number of imidazole rings is 1. The third-order valence-corrected chi connectivity index (χ3v) is 3.15. The molecule has 1 saturated heterocycles. The summed E-state index contributed by atoms with van der Waals surface area (Å²) >= 11 is 0. The number of hydrogen-bond donors (Lipinski definition) is 3. The van der Waals surface area contributed by atoms with E-state index in [9.17, 15) is 19.0 Å². The Kier molecular flexibility index (Phi) is 2.81. The summed E-state index contributed by atoms with van der Waals surface area (Å²) in [5.74, 6) is -4.09. The van der Waals surface area contributed by atoms with Crippen molar-refractivity contribution in [2.75, 3.05) is 6.61 Å². The summed E-state index contributed by atoms with van der Waals surface area (Å²) in [7, 11) is 0. The SMILES string of the molecule is OC[C@H]1O[C@@H](n2cnc3c(O)ncnc32)C(F)(F)[C@@H]1O. The Morgan fingerprint density at radius 1 is 1.35 bits per heavy atom. The lowest BCUT2D eigenvalue weighted by Gasteiger charge is -2.20. The number of fused-ring (bicyclic) bond motifs is 1. The highest BCUT2D eigenvalue weighted by molar-refractivity contribution is 5.75. The third-order valence-electron chi connectivity index (χ3n) is 3.15. The molecule has 0 bridgehead atoms. The Balaban J connectivity index is 2.10. The lowest BCUT2D eigenvalue weighted by atomic mass is 10.1. The molecule has 0 radical (unpaired) electrons. The van der Waals surface area contributed by atoms with Gasteiger partial charge in [-0.1, -0.05) is 0 Å². The van der Waals surface area contributed by atoms with E-state index in [2.05, 4.69) is 15.0 Å². The Bertz CT molecular complexity index is 649. The molecule has 108 valence electrons. The maximum atomic E-state index is 14.0. The first kappa shape index (κ1) is 13.1. The molecule has 8 nitrogen and oxygen atoms in total. The minimum atomic E-state index is -3.64. The van der Waals surface area contributed by atoms with E-state index in [1.165, 1.54) is 0 Å². The van der Waals surface area contributed by atoms with Crippen LogP contribution in [-0.2, 0) is 4.74 Å². The van der Waals surface area contributed by atoms with Crippen molar-refractivity contribution in [1.29, 1.82) is 0 Å². The van der Waals surface area contributed by atoms with Gasteiger partial charge in [0.2, 0.25) is 12.1 Å². The zero-order chi connectivity index (χ0) is 14.5. The number of aromatic hydroxyl groups is 1. The highest BCUT2D eigenvalue weighted by Gasteiger charge is 2.59. The topological polar surface area (TPSA) is 114 Å². The summed E-state index contributed by atoms with van der Waals surface area (Å²) in [6.45, 7) is -0.750. The molecule has 3 atom stereocenters. The second-order valence-electron chi connectivity index (χ2n) is 4.35. The van der Waals surface area contributed by atoms with E-state index >= 15 is 0 Å². The molecule has 3 heterocycles. The summed E-state index contributed by atoms with van der Waals surface area (Å²) in [5.41, 5.74) is -0.123. The first-order valence-corrected chi connectivity index (χ1v) is 5.65. The van der Waals surface area contributed by atoms with Crippen molar-refractivity contribution in [2.45, 2.75) is 24.4 Å². The molecule has 3 N–H and O–H groups in total. The first-order valence-electron chi connectivity index (χ1n) is 5.65. The molecule has 20 heavy (non-hydrogen) atoms. The van der Waals surface area contributed by atoms with Gasteiger partial charge in [-0.05, 0) is 0 Å². The van der Waals surface area contributed by atoms with Gasteiger partial charge in [0, 0.05) is 0 Å². The zero-order valence-corrected chi connectivity index (χ0v) is 9.89. The average molecular weight is 288 g/mol. The number of nitrogens with zero attached hydrogens (tertiary/aromatic N) is 4. The Morgan fingerprint density at radius 2 is 2.10 bits per heavy atom. The van der Waals surface area contributed by atoms with E-state index in [-0.39, 0.29) is 11.2 Å². The summed E-state index contributed by atoms with van der Waals surface area (Å²) < 4.78 is 33.8. The van der Waals surface area contributed by atoms with E-state index in [0.29, 0.717) is 0 Å². The fourth-order valence-corrected chi connectivity index (χ4v) is 2.13. The molecule has 2 aromatic heterocycles. The van der Waals surface area contributed by atoms with Crippen LogP contribution in [0.25, 0.3) is 11.2 Å². The molecule has 0 amide bonds. The number of halogens is 2. The van der Waals surface area contributed by atoms with Crippen molar-refractivity contribution < 1.29 is 28.8 Å². The van der Waals surface area contributed by atoms with Crippen LogP contribution in [0.15, 0.2) is 12.7 Å². The van der Waals surface area contributed by atoms with Crippen LogP contribution in [0.5, 0.6) is 5.88 Å². The molecule has 2 aromatic rings. The Hall–Kier alpha value is -1.91. The van der Waals surface area contributed by atoms with Gasteiger partial charge in [0.1, 0.15) is 12.4 Å². The number of hydrogen-bond acceptors (Lipinski definition) is 7. The van der Waals surface area contributed by atoms with Crippen molar-refractivity contribution >= 4 is 11.2 Å². The lowest BCUT2D eigenvalue weighted by molar-refractivity contribution is -0.138. The molecule has 0 spiro atoms. The molecule has 0 aromatic carbocycles. The standard InChI is InChI=1S/C10H10F2N4O4/c11-10(12)6(18)4(1-17)20-9(10)16-3-15-5-7(16)13-2-14-8(5)19/h2-4,6,9,17-18H,1H2,(H,13,14,19)/t4-,6-,9-/m1/s1. The number of aliphatic hydroxyl groups is 2. The second kappa shape index (κ2) is 4.30. The normalized spacial score (nSPS) is 29.1. The van der Waals surface area contributed by atoms with Crippen molar-refractivity contribution in [2.24, 2.45) is 0 Å². The maximum absolute atomic E-state index is 14.0. The van der Waals surface area contributed by atoms with Crippen molar-refractivity contribution in [1.82, 2.24) is 19.5 Å². The van der Waals surface area contributed by atoms with E-state index in [4.69, 9.17) is 9.84 Å². The van der Waals surface area contributed by atoms with Gasteiger partial charge in [0.25, 0.3) is 0 Å². The monoisotopic (exact) mass is 288 g/mol. The minimum Gasteiger partial charge on any atom is -0.492 e. The van der Waals surface area contributed by atoms with Crippen LogP contribution in [0.1, 0.15) is 6.23 Å². The second-order valence-corrected chi connectivity index (χ2v) is 4.35. The first-order chi connectivity index (χ1) is 9.46. The quantitative estimate of drug-likeness (QED) is 0.677. The van der Waals surface area contributed by atoms with Gasteiger partial charge in [-0.25, -0.2) is 9.97 Å². The minimum absolute atomic E-state index is 0.0613. The van der Waals surface area contributed by atoms with Crippen LogP contribution < -0.4 is 0 Å². The number of aliphatic hydroxyl groups excluding tert-OH is 2. The Morgan fingerprint density at radius 3 is 2.75 bits per heavy atom. The summed E-state index contributed by atoms with van der Waals surface area (Å²) in [4.78, 5) is 11.0. The number of aromatic nitrogens is 4. The van der Waals surface area contributed by atoms with Crippen molar-refractivity contribution in [3.05, 3.63) is 12.7 Å². The van der Waals surface area contributed by atoms with E-state index in [1.54, 1.807) is 0 Å².